The molecule has 0 unspecified atom stereocenters. The van der Waals surface area contributed by atoms with E-state index in [0.29, 0.717) is 10.8 Å². The third kappa shape index (κ3) is 5.70. The van der Waals surface area contributed by atoms with Crippen molar-refractivity contribution in [3.63, 3.8) is 0 Å². The van der Waals surface area contributed by atoms with Crippen LogP contribution in [-0.4, -0.2) is 24.5 Å². The van der Waals surface area contributed by atoms with E-state index < -0.39 is 6.04 Å². The third-order valence-electron chi connectivity index (χ3n) is 4.17. The molecule has 0 radical (unpaired) electrons. The molecule has 27 heavy (non-hydrogen) atoms. The Labute approximate surface area is 163 Å². The lowest BCUT2D eigenvalue weighted by molar-refractivity contribution is -0.126. The van der Waals surface area contributed by atoms with E-state index >= 15 is 0 Å². The van der Waals surface area contributed by atoms with E-state index in [2.05, 4.69) is 16.2 Å². The lowest BCUT2D eigenvalue weighted by atomic mass is 10.1. The Morgan fingerprint density at radius 3 is 2.59 bits per heavy atom. The number of carbonyl (C=O) groups is 2. The SMILES string of the molecule is Cc1cc(Cl)ccc1OCC(=O)NN[C@@H](C(=O)NC1CC1)c1ccccc1. The van der Waals surface area contributed by atoms with Gasteiger partial charge in [0, 0.05) is 11.1 Å². The van der Waals surface area contributed by atoms with Crippen LogP contribution in [0.2, 0.25) is 5.02 Å². The molecule has 7 heteroatoms. The Kier molecular flexibility index (Phi) is 6.32. The molecule has 0 spiro atoms. The van der Waals surface area contributed by atoms with Crippen LogP contribution in [0.25, 0.3) is 0 Å². The maximum Gasteiger partial charge on any atom is 0.272 e. The molecule has 0 heterocycles. The van der Waals surface area contributed by atoms with Crippen LogP contribution >= 0.6 is 11.6 Å². The number of benzene rings is 2. The van der Waals surface area contributed by atoms with E-state index in [0.717, 1.165) is 24.0 Å². The zero-order valence-corrected chi connectivity index (χ0v) is 15.8. The van der Waals surface area contributed by atoms with E-state index in [1.165, 1.54) is 0 Å². The van der Waals surface area contributed by atoms with E-state index in [-0.39, 0.29) is 24.5 Å². The minimum Gasteiger partial charge on any atom is -0.483 e. The van der Waals surface area contributed by atoms with Crippen LogP contribution in [0, 0.1) is 6.92 Å². The van der Waals surface area contributed by atoms with Gasteiger partial charge < -0.3 is 10.1 Å². The first-order chi connectivity index (χ1) is 13.0. The van der Waals surface area contributed by atoms with Gasteiger partial charge in [0.2, 0.25) is 5.91 Å². The number of halogens is 1. The summed E-state index contributed by atoms with van der Waals surface area (Å²) in [7, 11) is 0. The average Bonchev–Trinajstić information content (AvgIpc) is 3.46. The fourth-order valence-corrected chi connectivity index (χ4v) is 2.79. The summed E-state index contributed by atoms with van der Waals surface area (Å²) in [4.78, 5) is 24.6. The molecule has 1 aliphatic carbocycles. The van der Waals surface area contributed by atoms with Gasteiger partial charge in [0.1, 0.15) is 11.8 Å². The smallest absolute Gasteiger partial charge is 0.272 e. The van der Waals surface area contributed by atoms with Crippen LogP contribution in [0.1, 0.15) is 30.0 Å². The Morgan fingerprint density at radius 2 is 1.93 bits per heavy atom. The monoisotopic (exact) mass is 387 g/mol. The minimum absolute atomic E-state index is 0.168. The van der Waals surface area contributed by atoms with Crippen molar-refractivity contribution in [3.8, 4) is 5.75 Å². The fourth-order valence-electron chi connectivity index (χ4n) is 2.56. The molecule has 142 valence electrons. The van der Waals surface area contributed by atoms with E-state index in [9.17, 15) is 9.59 Å². The van der Waals surface area contributed by atoms with Gasteiger partial charge in [0.15, 0.2) is 6.61 Å². The first-order valence-electron chi connectivity index (χ1n) is 8.81. The van der Waals surface area contributed by atoms with Gasteiger partial charge in [-0.2, -0.15) is 0 Å². The normalized spacial score (nSPS) is 14.3. The average molecular weight is 388 g/mol. The highest BCUT2D eigenvalue weighted by atomic mass is 35.5. The van der Waals surface area contributed by atoms with Gasteiger partial charge in [-0.05, 0) is 49.1 Å². The highest BCUT2D eigenvalue weighted by Gasteiger charge is 2.28. The second-order valence-corrected chi connectivity index (χ2v) is 6.95. The number of hydrazine groups is 1. The summed E-state index contributed by atoms with van der Waals surface area (Å²) in [6.45, 7) is 1.67. The summed E-state index contributed by atoms with van der Waals surface area (Å²) in [5, 5.41) is 3.56. The molecule has 0 aromatic heterocycles. The molecule has 0 saturated heterocycles. The van der Waals surface area contributed by atoms with Gasteiger partial charge in [-0.25, -0.2) is 5.43 Å². The molecule has 2 aromatic rings. The number of hydrogen-bond acceptors (Lipinski definition) is 4. The Morgan fingerprint density at radius 1 is 1.19 bits per heavy atom. The molecule has 2 aromatic carbocycles. The Balaban J connectivity index is 1.55. The van der Waals surface area contributed by atoms with Gasteiger partial charge in [-0.1, -0.05) is 41.9 Å². The number of rotatable bonds is 8. The first-order valence-corrected chi connectivity index (χ1v) is 9.19. The van der Waals surface area contributed by atoms with Crippen molar-refractivity contribution >= 4 is 23.4 Å². The maximum absolute atomic E-state index is 12.5. The van der Waals surface area contributed by atoms with Crippen LogP contribution < -0.4 is 20.9 Å². The zero-order valence-electron chi connectivity index (χ0n) is 15.0. The van der Waals surface area contributed by atoms with Gasteiger partial charge in [0.05, 0.1) is 0 Å². The second-order valence-electron chi connectivity index (χ2n) is 6.52. The van der Waals surface area contributed by atoms with Crippen LogP contribution in [-0.2, 0) is 9.59 Å². The predicted octanol–water partition coefficient (Wildman–Crippen LogP) is 2.67. The lowest BCUT2D eigenvalue weighted by Gasteiger charge is -2.19. The molecule has 3 rings (SSSR count). The minimum atomic E-state index is -0.673. The second kappa shape index (κ2) is 8.88. The predicted molar refractivity (Wildman–Crippen MR) is 103 cm³/mol. The molecule has 3 N–H and O–H groups in total. The number of carbonyl (C=O) groups excluding carboxylic acids is 2. The fraction of sp³-hybridized carbons (Fsp3) is 0.300. The highest BCUT2D eigenvalue weighted by molar-refractivity contribution is 6.30. The molecule has 1 atom stereocenters. The number of aryl methyl sites for hydroxylation is 1. The summed E-state index contributed by atoms with van der Waals surface area (Å²) in [6, 6.07) is 14.0. The van der Waals surface area contributed by atoms with Crippen molar-refractivity contribution in [3.05, 3.63) is 64.7 Å². The van der Waals surface area contributed by atoms with Gasteiger partial charge in [0.25, 0.3) is 5.91 Å². The van der Waals surface area contributed by atoms with Gasteiger partial charge in [-0.15, -0.1) is 0 Å². The number of ether oxygens (including phenoxy) is 1. The van der Waals surface area contributed by atoms with Gasteiger partial charge in [-0.3, -0.25) is 15.0 Å². The number of amides is 2. The molecule has 1 fully saturated rings. The topological polar surface area (TPSA) is 79.5 Å². The lowest BCUT2D eigenvalue weighted by Crippen LogP contribution is -2.48. The summed E-state index contributed by atoms with van der Waals surface area (Å²) in [6.07, 6.45) is 1.99. The van der Waals surface area contributed by atoms with Crippen LogP contribution in [0.5, 0.6) is 5.75 Å². The highest BCUT2D eigenvalue weighted by Crippen LogP contribution is 2.22. The third-order valence-corrected chi connectivity index (χ3v) is 4.41. The molecular formula is C20H22ClN3O3. The largest absolute Gasteiger partial charge is 0.483 e. The molecule has 1 aliphatic rings. The van der Waals surface area contributed by atoms with Crippen molar-refractivity contribution in [2.24, 2.45) is 0 Å². The number of nitrogens with one attached hydrogen (secondary N) is 3. The summed E-state index contributed by atoms with van der Waals surface area (Å²) in [5.41, 5.74) is 6.98. The summed E-state index contributed by atoms with van der Waals surface area (Å²) < 4.78 is 5.52. The summed E-state index contributed by atoms with van der Waals surface area (Å²) in [5.74, 6) is 0.0311. The van der Waals surface area contributed by atoms with E-state index in [4.69, 9.17) is 16.3 Å². The molecule has 0 bridgehead atoms. The zero-order chi connectivity index (χ0) is 19.2. The van der Waals surface area contributed by atoms with E-state index in [1.54, 1.807) is 18.2 Å². The van der Waals surface area contributed by atoms with E-state index in [1.807, 2.05) is 37.3 Å². The van der Waals surface area contributed by atoms with Crippen molar-refractivity contribution in [1.29, 1.82) is 0 Å². The van der Waals surface area contributed by atoms with Crippen molar-refractivity contribution in [2.45, 2.75) is 31.8 Å². The van der Waals surface area contributed by atoms with Crippen molar-refractivity contribution in [1.82, 2.24) is 16.2 Å². The van der Waals surface area contributed by atoms with Crippen molar-refractivity contribution in [2.75, 3.05) is 6.61 Å². The molecule has 0 aliphatic heterocycles. The van der Waals surface area contributed by atoms with Crippen LogP contribution in [0.15, 0.2) is 48.5 Å². The summed E-state index contributed by atoms with van der Waals surface area (Å²) >= 11 is 5.91. The maximum atomic E-state index is 12.5. The molecule has 2 amide bonds. The standard InChI is InChI=1S/C20H22ClN3O3/c1-13-11-15(21)7-10-17(13)27-12-18(25)23-24-19(14-5-3-2-4-6-14)20(26)22-16-8-9-16/h2-7,10-11,16,19,24H,8-9,12H2,1H3,(H,22,26)(H,23,25)/t19-/m1/s1. The Hall–Kier alpha value is -2.57. The molecule has 6 nitrogen and oxygen atoms in total. The van der Waals surface area contributed by atoms with Crippen molar-refractivity contribution < 1.29 is 14.3 Å². The number of hydrogen-bond donors (Lipinski definition) is 3. The van der Waals surface area contributed by atoms with Gasteiger partial charge >= 0.3 is 0 Å². The molecule has 1 saturated carbocycles. The Bertz CT molecular complexity index is 809. The first kappa shape index (κ1) is 19.2. The molecular weight excluding hydrogens is 366 g/mol. The quantitative estimate of drug-likeness (QED) is 0.608. The van der Waals surface area contributed by atoms with Crippen LogP contribution in [0.3, 0.4) is 0 Å². The van der Waals surface area contributed by atoms with Crippen LogP contribution in [0.4, 0.5) is 0 Å².